The first-order chi connectivity index (χ1) is 14.3. The molecule has 2 atom stereocenters. The third-order valence-corrected chi connectivity index (χ3v) is 4.83. The minimum atomic E-state index is -1.37. The van der Waals surface area contributed by atoms with E-state index in [-0.39, 0.29) is 13.0 Å². The Bertz CT molecular complexity index is 991. The molecule has 30 heavy (non-hydrogen) atoms. The highest BCUT2D eigenvalue weighted by Gasteiger charge is 2.28. The van der Waals surface area contributed by atoms with Crippen LogP contribution in [0.2, 0.25) is 5.02 Å². The number of hydrogen-bond acceptors (Lipinski definition) is 5. The van der Waals surface area contributed by atoms with Crippen LogP contribution in [0.5, 0.6) is 0 Å². The molecular formula is C21H24ClFN2O5. The summed E-state index contributed by atoms with van der Waals surface area (Å²) in [5.74, 6) is -2.32. The minimum absolute atomic E-state index is 0.163. The van der Waals surface area contributed by atoms with E-state index in [1.54, 1.807) is 32.0 Å². The van der Waals surface area contributed by atoms with Crippen molar-refractivity contribution in [3.05, 3.63) is 45.8 Å². The number of Topliss-reactive ketones (excluding diaryl/α,β-unsaturated/α-hetero) is 1. The summed E-state index contributed by atoms with van der Waals surface area (Å²) in [6, 6.07) is 4.22. The van der Waals surface area contributed by atoms with Crippen molar-refractivity contribution in [3.8, 4) is 0 Å². The van der Waals surface area contributed by atoms with Crippen molar-refractivity contribution < 1.29 is 23.5 Å². The molecule has 0 saturated heterocycles. The van der Waals surface area contributed by atoms with Gasteiger partial charge in [-0.1, -0.05) is 31.5 Å². The molecule has 0 bridgehead atoms. The number of nitrogens with zero attached hydrogens (tertiary/aromatic N) is 1. The summed E-state index contributed by atoms with van der Waals surface area (Å²) >= 11 is 5.98. The van der Waals surface area contributed by atoms with Gasteiger partial charge in [-0.25, -0.2) is 4.39 Å². The van der Waals surface area contributed by atoms with Crippen LogP contribution in [0.3, 0.4) is 0 Å². The third-order valence-electron chi connectivity index (χ3n) is 4.59. The Morgan fingerprint density at radius 3 is 2.60 bits per heavy atom. The maximum absolute atomic E-state index is 13.0. The van der Waals surface area contributed by atoms with Crippen molar-refractivity contribution >= 4 is 40.0 Å². The van der Waals surface area contributed by atoms with Gasteiger partial charge >= 0.3 is 5.97 Å². The molecule has 162 valence electrons. The van der Waals surface area contributed by atoms with Crippen LogP contribution in [0.1, 0.15) is 39.2 Å². The Balaban J connectivity index is 2.28. The number of carbonyl (C=O) groups excluding carboxylic acids is 3. The third kappa shape index (κ3) is 5.66. The number of ketones is 1. The molecule has 1 amide bonds. The molecule has 1 aromatic heterocycles. The lowest BCUT2D eigenvalue weighted by Crippen LogP contribution is -2.47. The number of pyridine rings is 1. The number of alkyl halides is 1. The number of nitrogens with one attached hydrogen (secondary N) is 1. The fourth-order valence-corrected chi connectivity index (χ4v) is 3.20. The second-order valence-corrected chi connectivity index (χ2v) is 7.21. The van der Waals surface area contributed by atoms with Crippen molar-refractivity contribution in [2.24, 2.45) is 0 Å². The van der Waals surface area contributed by atoms with Gasteiger partial charge in [0.1, 0.15) is 18.8 Å². The van der Waals surface area contributed by atoms with E-state index < -0.39 is 48.4 Å². The van der Waals surface area contributed by atoms with Crippen molar-refractivity contribution in [2.75, 3.05) is 13.3 Å². The molecule has 1 N–H and O–H groups in total. The van der Waals surface area contributed by atoms with Gasteiger partial charge in [0.25, 0.3) is 5.56 Å². The van der Waals surface area contributed by atoms with Gasteiger partial charge in [0.2, 0.25) is 5.91 Å². The average molecular weight is 439 g/mol. The lowest BCUT2D eigenvalue weighted by molar-refractivity contribution is -0.146. The first kappa shape index (κ1) is 23.5. The van der Waals surface area contributed by atoms with Gasteiger partial charge in [-0.15, -0.1) is 0 Å². The van der Waals surface area contributed by atoms with Crippen LogP contribution in [0, 0.1) is 0 Å². The number of carbonyl (C=O) groups is 3. The van der Waals surface area contributed by atoms with Crippen molar-refractivity contribution in [1.82, 2.24) is 9.88 Å². The number of ether oxygens (including phenoxy) is 1. The standard InChI is InChI=1S/C21H24ClFN2O5/c1-3-9-30-19(27)11-16(18(26)12-23)24-20(28)17(4-2)25-8-7-13-5-6-14(22)10-15(13)21(25)29/h5-8,10,16-17H,3-4,9,11-12H2,1-2H3,(H,24,28). The SMILES string of the molecule is CCCOC(=O)CC(NC(=O)C(CC)n1ccc2ccc(Cl)cc2c1=O)C(=O)CF. The minimum Gasteiger partial charge on any atom is -0.466 e. The zero-order valence-electron chi connectivity index (χ0n) is 16.8. The maximum atomic E-state index is 13.0. The van der Waals surface area contributed by atoms with Crippen LogP contribution in [-0.2, 0) is 19.1 Å². The second kappa shape index (κ2) is 10.9. The zero-order chi connectivity index (χ0) is 22.3. The average Bonchev–Trinajstić information content (AvgIpc) is 2.73. The summed E-state index contributed by atoms with van der Waals surface area (Å²) in [5.41, 5.74) is -0.423. The highest BCUT2D eigenvalue weighted by atomic mass is 35.5. The molecule has 1 aromatic carbocycles. The van der Waals surface area contributed by atoms with E-state index in [2.05, 4.69) is 5.32 Å². The van der Waals surface area contributed by atoms with Gasteiger partial charge in [0.05, 0.1) is 13.0 Å². The molecule has 0 aliphatic heterocycles. The number of aromatic nitrogens is 1. The van der Waals surface area contributed by atoms with Crippen LogP contribution in [0.15, 0.2) is 35.3 Å². The molecule has 9 heteroatoms. The number of fused-ring (bicyclic) bond motifs is 1. The number of rotatable bonds is 10. The summed E-state index contributed by atoms with van der Waals surface area (Å²) in [4.78, 5) is 49.5. The van der Waals surface area contributed by atoms with E-state index in [9.17, 15) is 23.6 Å². The van der Waals surface area contributed by atoms with E-state index in [0.29, 0.717) is 22.2 Å². The molecule has 0 radical (unpaired) electrons. The molecule has 2 aromatic rings. The van der Waals surface area contributed by atoms with Gasteiger partial charge < -0.3 is 14.6 Å². The molecule has 0 saturated carbocycles. The van der Waals surface area contributed by atoms with Crippen LogP contribution >= 0.6 is 11.6 Å². The molecule has 0 fully saturated rings. The Hall–Kier alpha value is -2.74. The van der Waals surface area contributed by atoms with Crippen molar-refractivity contribution in [3.63, 3.8) is 0 Å². The molecule has 0 spiro atoms. The molecule has 0 aliphatic rings. The van der Waals surface area contributed by atoms with E-state index in [1.807, 2.05) is 0 Å². The summed E-state index contributed by atoms with van der Waals surface area (Å²) < 4.78 is 19.1. The summed E-state index contributed by atoms with van der Waals surface area (Å²) in [6.45, 7) is 2.33. The normalized spacial score (nSPS) is 12.9. The Morgan fingerprint density at radius 1 is 1.23 bits per heavy atom. The predicted octanol–water partition coefficient (Wildman–Crippen LogP) is 2.97. The number of halogens is 2. The fraction of sp³-hybridized carbons (Fsp3) is 0.429. The highest BCUT2D eigenvalue weighted by molar-refractivity contribution is 6.31. The molecule has 7 nitrogen and oxygen atoms in total. The van der Waals surface area contributed by atoms with Crippen molar-refractivity contribution in [2.45, 2.75) is 45.2 Å². The monoisotopic (exact) mass is 438 g/mol. The maximum Gasteiger partial charge on any atom is 0.308 e. The lowest BCUT2D eigenvalue weighted by atomic mass is 10.1. The van der Waals surface area contributed by atoms with E-state index in [4.69, 9.17) is 16.3 Å². The van der Waals surface area contributed by atoms with Crippen LogP contribution in [-0.4, -0.2) is 41.6 Å². The largest absolute Gasteiger partial charge is 0.466 e. The van der Waals surface area contributed by atoms with Crippen LogP contribution < -0.4 is 10.9 Å². The summed E-state index contributed by atoms with van der Waals surface area (Å²) in [6.07, 6.45) is 1.82. The number of hydrogen-bond donors (Lipinski definition) is 1. The molecule has 0 aliphatic carbocycles. The van der Waals surface area contributed by atoms with Gasteiger partial charge in [0.15, 0.2) is 5.78 Å². The summed E-state index contributed by atoms with van der Waals surface area (Å²) in [7, 11) is 0. The van der Waals surface area contributed by atoms with Gasteiger partial charge in [-0.05, 0) is 36.4 Å². The van der Waals surface area contributed by atoms with Gasteiger partial charge in [-0.2, -0.15) is 0 Å². The first-order valence-corrected chi connectivity index (χ1v) is 10.0. The van der Waals surface area contributed by atoms with E-state index >= 15 is 0 Å². The number of esters is 1. The Morgan fingerprint density at radius 2 is 1.97 bits per heavy atom. The van der Waals surface area contributed by atoms with Gasteiger partial charge in [0, 0.05) is 16.6 Å². The van der Waals surface area contributed by atoms with Crippen LogP contribution in [0.4, 0.5) is 4.39 Å². The Labute approximate surface area is 178 Å². The fourth-order valence-electron chi connectivity index (χ4n) is 3.03. The topological polar surface area (TPSA) is 94.5 Å². The highest BCUT2D eigenvalue weighted by Crippen LogP contribution is 2.18. The molecule has 2 unspecified atom stereocenters. The first-order valence-electron chi connectivity index (χ1n) is 9.67. The van der Waals surface area contributed by atoms with Gasteiger partial charge in [-0.3, -0.25) is 19.2 Å². The second-order valence-electron chi connectivity index (χ2n) is 6.77. The quantitative estimate of drug-likeness (QED) is 0.575. The predicted molar refractivity (Wildman–Crippen MR) is 111 cm³/mol. The number of amides is 1. The van der Waals surface area contributed by atoms with Crippen molar-refractivity contribution in [1.29, 1.82) is 0 Å². The zero-order valence-corrected chi connectivity index (χ0v) is 17.6. The molecule has 2 rings (SSSR count). The molecular weight excluding hydrogens is 415 g/mol. The van der Waals surface area contributed by atoms with E-state index in [0.717, 1.165) is 0 Å². The summed E-state index contributed by atoms with van der Waals surface area (Å²) in [5, 5.41) is 3.79. The smallest absolute Gasteiger partial charge is 0.308 e. The lowest BCUT2D eigenvalue weighted by Gasteiger charge is -2.22. The number of benzene rings is 1. The Kier molecular flexibility index (Phi) is 8.53. The molecule has 1 heterocycles. The van der Waals surface area contributed by atoms with Crippen LogP contribution in [0.25, 0.3) is 10.8 Å². The van der Waals surface area contributed by atoms with E-state index in [1.165, 1.54) is 16.8 Å².